The highest BCUT2D eigenvalue weighted by Gasteiger charge is 2.31. The summed E-state index contributed by atoms with van der Waals surface area (Å²) in [5, 5.41) is 13.5. The van der Waals surface area contributed by atoms with Gasteiger partial charge in [-0.25, -0.2) is 9.55 Å². The van der Waals surface area contributed by atoms with Crippen LogP contribution in [-0.2, 0) is 6.42 Å². The van der Waals surface area contributed by atoms with Gasteiger partial charge in [-0.2, -0.15) is 0 Å². The molecule has 114 valence electrons. The Hall–Kier alpha value is -2.73. The second-order valence-corrected chi connectivity index (χ2v) is 5.87. The molecule has 1 aliphatic rings. The van der Waals surface area contributed by atoms with E-state index < -0.39 is 6.04 Å². The molecule has 1 aliphatic heterocycles. The van der Waals surface area contributed by atoms with E-state index in [1.165, 1.54) is 4.57 Å². The van der Waals surface area contributed by atoms with Crippen LogP contribution in [0.25, 0.3) is 10.9 Å². The van der Waals surface area contributed by atoms with E-state index >= 15 is 0 Å². The first-order valence-corrected chi connectivity index (χ1v) is 7.65. The van der Waals surface area contributed by atoms with E-state index in [-0.39, 0.29) is 16.4 Å². The van der Waals surface area contributed by atoms with Crippen molar-refractivity contribution in [2.24, 2.45) is 0 Å². The molecular weight excluding hydrogens is 310 g/mol. The molecule has 0 unspecified atom stereocenters. The van der Waals surface area contributed by atoms with Crippen molar-refractivity contribution >= 4 is 34.8 Å². The summed E-state index contributed by atoms with van der Waals surface area (Å²) < 4.78 is 1.74. The molecule has 0 bridgehead atoms. The van der Waals surface area contributed by atoms with Crippen LogP contribution in [0.4, 0.5) is 5.82 Å². The minimum Gasteiger partial charge on any atom is -0.508 e. The van der Waals surface area contributed by atoms with Gasteiger partial charge in [0, 0.05) is 11.8 Å². The second kappa shape index (κ2) is 5.17. The monoisotopic (exact) mass is 323 g/mol. The number of anilines is 1. The predicted molar refractivity (Wildman–Crippen MR) is 90.4 cm³/mol. The summed E-state index contributed by atoms with van der Waals surface area (Å²) >= 11 is 5.28. The molecule has 3 aromatic rings. The van der Waals surface area contributed by atoms with Crippen molar-refractivity contribution in [3.63, 3.8) is 0 Å². The molecule has 0 saturated heterocycles. The van der Waals surface area contributed by atoms with Crippen LogP contribution >= 0.6 is 12.2 Å². The van der Waals surface area contributed by atoms with Gasteiger partial charge in [0.15, 0.2) is 0 Å². The molecule has 1 atom stereocenters. The molecule has 23 heavy (non-hydrogen) atoms. The van der Waals surface area contributed by atoms with E-state index in [0.717, 1.165) is 16.5 Å². The van der Waals surface area contributed by atoms with Crippen LogP contribution in [0.3, 0.4) is 0 Å². The zero-order valence-corrected chi connectivity index (χ0v) is 12.9. The molecule has 4 rings (SSSR count). The van der Waals surface area contributed by atoms with Gasteiger partial charge in [-0.05, 0) is 42.0 Å². The third-order valence-corrected chi connectivity index (χ3v) is 4.27. The van der Waals surface area contributed by atoms with Gasteiger partial charge < -0.3 is 10.4 Å². The van der Waals surface area contributed by atoms with Crippen LogP contribution < -0.4 is 5.32 Å². The molecule has 0 amide bonds. The number of nitrogens with zero attached hydrogens (tertiary/aromatic N) is 2. The number of fused-ring (bicyclic) bond motifs is 3. The number of rotatable bonds is 2. The van der Waals surface area contributed by atoms with Crippen LogP contribution in [0, 0.1) is 4.77 Å². The topological polar surface area (TPSA) is 67.2 Å². The zero-order chi connectivity index (χ0) is 16.0. The highest BCUT2D eigenvalue weighted by molar-refractivity contribution is 7.71. The maximum Gasteiger partial charge on any atom is 0.257 e. The average molecular weight is 323 g/mol. The molecule has 2 heterocycles. The van der Waals surface area contributed by atoms with Gasteiger partial charge in [0.05, 0.1) is 5.52 Å². The van der Waals surface area contributed by atoms with Crippen molar-refractivity contribution < 1.29 is 9.90 Å². The summed E-state index contributed by atoms with van der Waals surface area (Å²) in [5.74, 6) is 0.811. The number of para-hydroxylation sites is 1. The van der Waals surface area contributed by atoms with Crippen LogP contribution in [0.15, 0.2) is 48.5 Å². The number of phenolic OH excluding ortho intramolecular Hbond substituents is 1. The maximum absolute atomic E-state index is 12.7. The Morgan fingerprint density at radius 3 is 2.70 bits per heavy atom. The Morgan fingerprint density at radius 1 is 1.17 bits per heavy atom. The number of carbonyl (C=O) groups excluding carboxylic acids is 1. The Bertz CT molecular complexity index is 979. The molecule has 0 saturated carbocycles. The van der Waals surface area contributed by atoms with Crippen LogP contribution in [0.1, 0.15) is 10.4 Å². The summed E-state index contributed by atoms with van der Waals surface area (Å²) in [6.07, 6.45) is 0.518. The molecular formula is C17H13N3O2S. The van der Waals surface area contributed by atoms with E-state index in [9.17, 15) is 9.90 Å². The quantitative estimate of drug-likeness (QED) is 0.709. The van der Waals surface area contributed by atoms with Crippen molar-refractivity contribution in [1.29, 1.82) is 0 Å². The Balaban J connectivity index is 1.75. The van der Waals surface area contributed by atoms with E-state index in [4.69, 9.17) is 12.2 Å². The lowest BCUT2D eigenvalue weighted by atomic mass is 10.1. The number of hydrogen-bond donors (Lipinski definition) is 2. The standard InChI is InChI=1S/C17H13N3O2S/c21-11-7-5-10(6-8-11)9-14-16(22)20-15(18-14)12-3-1-2-4-13(12)19-17(20)23/h1-8,14,18,21H,9H2/t14-/m0/s1. The van der Waals surface area contributed by atoms with Crippen molar-refractivity contribution in [1.82, 2.24) is 9.55 Å². The number of aromatic hydroxyl groups is 1. The number of carbonyl (C=O) groups is 1. The first-order valence-electron chi connectivity index (χ1n) is 7.24. The highest BCUT2D eigenvalue weighted by atomic mass is 32.1. The lowest BCUT2D eigenvalue weighted by molar-refractivity contribution is 0.0905. The zero-order valence-electron chi connectivity index (χ0n) is 12.1. The molecule has 1 aromatic heterocycles. The molecule has 0 radical (unpaired) electrons. The minimum absolute atomic E-state index is 0.101. The Kier molecular flexibility index (Phi) is 3.12. The van der Waals surface area contributed by atoms with Crippen molar-refractivity contribution in [3.8, 4) is 5.75 Å². The van der Waals surface area contributed by atoms with Gasteiger partial charge in [0.1, 0.15) is 17.6 Å². The van der Waals surface area contributed by atoms with Gasteiger partial charge >= 0.3 is 0 Å². The fraction of sp³-hybridized carbons (Fsp3) is 0.118. The number of benzene rings is 2. The molecule has 5 nitrogen and oxygen atoms in total. The van der Waals surface area contributed by atoms with E-state index in [1.807, 2.05) is 36.4 Å². The van der Waals surface area contributed by atoms with Gasteiger partial charge in [-0.1, -0.05) is 24.3 Å². The van der Waals surface area contributed by atoms with E-state index in [0.29, 0.717) is 12.2 Å². The average Bonchev–Trinajstić information content (AvgIpc) is 2.87. The SMILES string of the molecule is O=C1[C@H](Cc2ccc(O)cc2)Nc2c3ccccc3nc(=S)n21. The molecule has 0 fully saturated rings. The molecule has 2 aromatic carbocycles. The van der Waals surface area contributed by atoms with Gasteiger partial charge in [-0.15, -0.1) is 0 Å². The van der Waals surface area contributed by atoms with Gasteiger partial charge in [0.25, 0.3) is 5.91 Å². The van der Waals surface area contributed by atoms with E-state index in [2.05, 4.69) is 10.3 Å². The third-order valence-electron chi connectivity index (χ3n) is 4.00. The first kappa shape index (κ1) is 13.9. The smallest absolute Gasteiger partial charge is 0.257 e. The molecule has 2 N–H and O–H groups in total. The molecule has 0 spiro atoms. The van der Waals surface area contributed by atoms with Crippen LogP contribution in [-0.4, -0.2) is 26.6 Å². The van der Waals surface area contributed by atoms with Crippen LogP contribution in [0.2, 0.25) is 0 Å². The molecule has 0 aliphatic carbocycles. The summed E-state index contributed by atoms with van der Waals surface area (Å²) in [5.41, 5.74) is 1.74. The third kappa shape index (κ3) is 2.27. The largest absolute Gasteiger partial charge is 0.508 e. The summed E-state index contributed by atoms with van der Waals surface area (Å²) in [7, 11) is 0. The number of aromatic nitrogens is 2. The number of nitrogens with one attached hydrogen (secondary N) is 1. The summed E-state index contributed by atoms with van der Waals surface area (Å²) in [4.78, 5) is 17.0. The maximum atomic E-state index is 12.7. The lowest BCUT2D eigenvalue weighted by Crippen LogP contribution is -2.27. The fourth-order valence-corrected chi connectivity index (χ4v) is 3.16. The fourth-order valence-electron chi connectivity index (χ4n) is 2.88. The first-order chi connectivity index (χ1) is 11.1. The van der Waals surface area contributed by atoms with Gasteiger partial charge in [0.2, 0.25) is 4.77 Å². The van der Waals surface area contributed by atoms with Crippen molar-refractivity contribution in [2.75, 3.05) is 5.32 Å². The lowest BCUT2D eigenvalue weighted by Gasteiger charge is -2.09. The van der Waals surface area contributed by atoms with Crippen molar-refractivity contribution in [2.45, 2.75) is 12.5 Å². The van der Waals surface area contributed by atoms with Crippen LogP contribution in [0.5, 0.6) is 5.75 Å². The normalized spacial score (nSPS) is 16.3. The number of hydrogen-bond acceptors (Lipinski definition) is 5. The Labute approximate surface area is 137 Å². The predicted octanol–water partition coefficient (Wildman–Crippen LogP) is 3.15. The summed E-state index contributed by atoms with van der Waals surface area (Å²) in [6, 6.07) is 14.1. The highest BCUT2D eigenvalue weighted by Crippen LogP contribution is 2.29. The number of phenols is 1. The molecule has 6 heteroatoms. The van der Waals surface area contributed by atoms with Gasteiger partial charge in [-0.3, -0.25) is 4.79 Å². The Morgan fingerprint density at radius 2 is 1.91 bits per heavy atom. The van der Waals surface area contributed by atoms with E-state index in [1.54, 1.807) is 12.1 Å². The minimum atomic E-state index is -0.395. The second-order valence-electron chi connectivity index (χ2n) is 5.50. The van der Waals surface area contributed by atoms with Crippen molar-refractivity contribution in [3.05, 3.63) is 58.9 Å². The summed E-state index contributed by atoms with van der Waals surface area (Å²) in [6.45, 7) is 0.